The number of methoxy groups -OCH3 is 1. The van der Waals surface area contributed by atoms with Crippen molar-refractivity contribution in [2.24, 2.45) is 0 Å². The van der Waals surface area contributed by atoms with Gasteiger partial charge in [-0.3, -0.25) is 0 Å². The molecule has 11 heteroatoms. The quantitative estimate of drug-likeness (QED) is 0.721. The van der Waals surface area contributed by atoms with Gasteiger partial charge in [0.25, 0.3) is 0 Å². The van der Waals surface area contributed by atoms with Gasteiger partial charge < -0.3 is 4.74 Å². The summed E-state index contributed by atoms with van der Waals surface area (Å²) in [5.41, 5.74) is 0. The SMILES string of the molecule is COC(=O)c1sccc1S(=O)(=O)NC1CC2CCC(C1)N2S(C)(=O)=O. The van der Waals surface area contributed by atoms with Crippen LogP contribution in [0.4, 0.5) is 0 Å². The van der Waals surface area contributed by atoms with Crippen molar-refractivity contribution in [1.29, 1.82) is 0 Å². The number of sulfonamides is 2. The maximum atomic E-state index is 12.7. The standard InChI is InChI=1S/C14H20N2O6S3/c1-22-14(17)13-12(5-6-23-13)25(20,21)15-9-7-10-3-4-11(8-9)16(10)24(2,18)19/h5-6,9-11,15H,3-4,7-8H2,1-2H3. The molecule has 2 saturated heterocycles. The Balaban J connectivity index is 1.78. The number of esters is 1. The smallest absolute Gasteiger partial charge is 0.349 e. The average molecular weight is 409 g/mol. The third kappa shape index (κ3) is 3.61. The molecule has 25 heavy (non-hydrogen) atoms. The molecule has 2 aliphatic rings. The molecule has 2 fully saturated rings. The molecular weight excluding hydrogens is 388 g/mol. The molecule has 0 amide bonds. The number of thiophene rings is 1. The van der Waals surface area contributed by atoms with Gasteiger partial charge in [-0.1, -0.05) is 0 Å². The summed E-state index contributed by atoms with van der Waals surface area (Å²) in [6.07, 6.45) is 3.53. The van der Waals surface area contributed by atoms with Gasteiger partial charge in [0, 0.05) is 18.1 Å². The van der Waals surface area contributed by atoms with Crippen LogP contribution in [0.3, 0.4) is 0 Å². The van der Waals surface area contributed by atoms with Crippen LogP contribution in [0.15, 0.2) is 16.3 Å². The highest BCUT2D eigenvalue weighted by Crippen LogP contribution is 2.38. The van der Waals surface area contributed by atoms with Crippen molar-refractivity contribution in [1.82, 2.24) is 9.03 Å². The number of carbonyl (C=O) groups is 1. The molecule has 1 aromatic rings. The fourth-order valence-corrected chi connectivity index (χ4v) is 7.87. The molecule has 1 aromatic heterocycles. The van der Waals surface area contributed by atoms with Gasteiger partial charge in [0.05, 0.1) is 13.4 Å². The number of fused-ring (bicyclic) bond motifs is 2. The van der Waals surface area contributed by atoms with Crippen LogP contribution >= 0.6 is 11.3 Å². The molecule has 3 heterocycles. The Morgan fingerprint density at radius 2 is 1.84 bits per heavy atom. The molecule has 0 radical (unpaired) electrons. The maximum absolute atomic E-state index is 12.7. The number of hydrogen-bond donors (Lipinski definition) is 1. The fraction of sp³-hybridized carbons (Fsp3) is 0.643. The molecule has 2 atom stereocenters. The van der Waals surface area contributed by atoms with Gasteiger partial charge in [-0.15, -0.1) is 11.3 Å². The summed E-state index contributed by atoms with van der Waals surface area (Å²) < 4.78 is 58.0. The first kappa shape index (κ1) is 18.8. The Bertz CT molecular complexity index is 862. The molecule has 140 valence electrons. The fourth-order valence-electron chi connectivity index (χ4n) is 3.81. The van der Waals surface area contributed by atoms with Crippen molar-refractivity contribution in [3.63, 3.8) is 0 Å². The van der Waals surface area contributed by atoms with Crippen molar-refractivity contribution < 1.29 is 26.4 Å². The second-order valence-corrected chi connectivity index (χ2v) is 10.9. The first-order valence-corrected chi connectivity index (χ1v) is 12.0. The predicted molar refractivity (Wildman–Crippen MR) is 92.5 cm³/mol. The normalized spacial score (nSPS) is 27.4. The van der Waals surface area contributed by atoms with E-state index < -0.39 is 26.0 Å². The minimum atomic E-state index is -3.88. The molecule has 3 rings (SSSR count). The summed E-state index contributed by atoms with van der Waals surface area (Å²) in [5.74, 6) is -0.692. The molecule has 1 N–H and O–H groups in total. The van der Waals surface area contributed by atoms with Crippen molar-refractivity contribution in [3.8, 4) is 0 Å². The van der Waals surface area contributed by atoms with Crippen molar-refractivity contribution in [2.75, 3.05) is 13.4 Å². The summed E-state index contributed by atoms with van der Waals surface area (Å²) in [5, 5.41) is 1.52. The van der Waals surface area contributed by atoms with Crippen LogP contribution in [0.2, 0.25) is 0 Å². The van der Waals surface area contributed by atoms with E-state index in [2.05, 4.69) is 9.46 Å². The van der Waals surface area contributed by atoms with Crippen LogP contribution in [0.1, 0.15) is 35.4 Å². The number of piperidine rings is 1. The maximum Gasteiger partial charge on any atom is 0.349 e. The van der Waals surface area contributed by atoms with E-state index in [4.69, 9.17) is 0 Å². The third-order valence-corrected chi connectivity index (χ3v) is 8.61. The number of carbonyl (C=O) groups excluding carboxylic acids is 1. The van der Waals surface area contributed by atoms with Crippen molar-refractivity contribution in [3.05, 3.63) is 16.3 Å². The van der Waals surface area contributed by atoms with E-state index in [1.54, 1.807) is 0 Å². The van der Waals surface area contributed by atoms with Gasteiger partial charge >= 0.3 is 5.97 Å². The molecule has 0 saturated carbocycles. The average Bonchev–Trinajstić information content (AvgIpc) is 3.10. The summed E-state index contributed by atoms with van der Waals surface area (Å²) in [6, 6.07) is 0.665. The number of nitrogens with zero attached hydrogens (tertiary/aromatic N) is 1. The molecule has 8 nitrogen and oxygen atoms in total. The van der Waals surface area contributed by atoms with Gasteiger partial charge in [-0.25, -0.2) is 26.4 Å². The van der Waals surface area contributed by atoms with Crippen LogP contribution in [0.25, 0.3) is 0 Å². The van der Waals surface area contributed by atoms with E-state index in [9.17, 15) is 21.6 Å². The Labute approximate surface area is 151 Å². The van der Waals surface area contributed by atoms with Crippen LogP contribution < -0.4 is 4.72 Å². The summed E-state index contributed by atoms with van der Waals surface area (Å²) in [7, 11) is -5.98. The van der Waals surface area contributed by atoms with Gasteiger partial charge in [-0.2, -0.15) is 4.31 Å². The highest BCUT2D eigenvalue weighted by molar-refractivity contribution is 7.89. The van der Waals surface area contributed by atoms with Crippen LogP contribution in [-0.2, 0) is 24.8 Å². The second-order valence-electron chi connectivity index (χ2n) is 6.37. The lowest BCUT2D eigenvalue weighted by atomic mass is 10.0. The molecule has 2 bridgehead atoms. The topological polar surface area (TPSA) is 110 Å². The Kier molecular flexibility index (Phi) is 4.97. The third-order valence-electron chi connectivity index (χ3n) is 4.66. The largest absolute Gasteiger partial charge is 0.465 e. The number of nitrogens with one attached hydrogen (secondary N) is 1. The Morgan fingerprint density at radius 1 is 1.24 bits per heavy atom. The monoisotopic (exact) mass is 408 g/mol. The van der Waals surface area contributed by atoms with Gasteiger partial charge in [-0.05, 0) is 37.1 Å². The zero-order chi connectivity index (χ0) is 18.4. The Morgan fingerprint density at radius 3 is 2.36 bits per heavy atom. The molecule has 0 aromatic carbocycles. The van der Waals surface area contributed by atoms with E-state index in [0.717, 1.165) is 24.2 Å². The number of rotatable bonds is 5. The minimum Gasteiger partial charge on any atom is -0.465 e. The van der Waals surface area contributed by atoms with E-state index >= 15 is 0 Å². The van der Waals surface area contributed by atoms with Crippen molar-refractivity contribution in [2.45, 2.75) is 48.7 Å². The summed E-state index contributed by atoms with van der Waals surface area (Å²) in [6.45, 7) is 0. The first-order valence-electron chi connectivity index (χ1n) is 7.80. The van der Waals surface area contributed by atoms with Crippen LogP contribution in [0, 0.1) is 0 Å². The highest BCUT2D eigenvalue weighted by Gasteiger charge is 2.46. The zero-order valence-electron chi connectivity index (χ0n) is 13.8. The van der Waals surface area contributed by atoms with Crippen molar-refractivity contribution >= 4 is 37.4 Å². The van der Waals surface area contributed by atoms with Gasteiger partial charge in [0.15, 0.2) is 0 Å². The van der Waals surface area contributed by atoms with E-state index in [-0.39, 0.29) is 27.9 Å². The lowest BCUT2D eigenvalue weighted by Gasteiger charge is -2.37. The minimum absolute atomic E-state index is 0.0338. The highest BCUT2D eigenvalue weighted by atomic mass is 32.2. The van der Waals surface area contributed by atoms with Crippen LogP contribution in [-0.4, -0.2) is 58.6 Å². The number of hydrogen-bond acceptors (Lipinski definition) is 7. The molecule has 2 aliphatic heterocycles. The predicted octanol–water partition coefficient (Wildman–Crippen LogP) is 0.768. The van der Waals surface area contributed by atoms with Crippen LogP contribution in [0.5, 0.6) is 0 Å². The van der Waals surface area contributed by atoms with E-state index in [1.807, 2.05) is 0 Å². The van der Waals surface area contributed by atoms with E-state index in [1.165, 1.54) is 29.1 Å². The lowest BCUT2D eigenvalue weighted by molar-refractivity contribution is 0.0602. The number of ether oxygens (including phenoxy) is 1. The first-order chi connectivity index (χ1) is 11.6. The molecule has 0 spiro atoms. The van der Waals surface area contributed by atoms with Gasteiger partial charge in [0.2, 0.25) is 20.0 Å². The molecule has 0 aliphatic carbocycles. The second kappa shape index (κ2) is 6.62. The summed E-state index contributed by atoms with van der Waals surface area (Å²) in [4.78, 5) is 11.7. The Hall–Kier alpha value is -1.01. The van der Waals surface area contributed by atoms with E-state index in [0.29, 0.717) is 12.8 Å². The summed E-state index contributed by atoms with van der Waals surface area (Å²) >= 11 is 1.01. The lowest BCUT2D eigenvalue weighted by Crippen LogP contribution is -2.52. The molecular formula is C14H20N2O6S3. The van der Waals surface area contributed by atoms with Gasteiger partial charge in [0.1, 0.15) is 9.77 Å². The molecule has 2 unspecified atom stereocenters. The zero-order valence-corrected chi connectivity index (χ0v) is 16.3.